The molecule has 202 valence electrons. The van der Waals surface area contributed by atoms with Crippen molar-refractivity contribution in [3.05, 3.63) is 69.8 Å². The van der Waals surface area contributed by atoms with E-state index in [1.54, 1.807) is 13.8 Å². The van der Waals surface area contributed by atoms with Crippen LogP contribution in [-0.2, 0) is 26.0 Å². The van der Waals surface area contributed by atoms with E-state index >= 15 is 0 Å². The van der Waals surface area contributed by atoms with Crippen LogP contribution in [0.5, 0.6) is 0 Å². The fourth-order valence-electron chi connectivity index (χ4n) is 3.91. The number of carbonyl (C=O) groups is 2. The summed E-state index contributed by atoms with van der Waals surface area (Å²) < 4.78 is 26.4. The summed E-state index contributed by atoms with van der Waals surface area (Å²) >= 11 is 0. The van der Waals surface area contributed by atoms with E-state index in [2.05, 4.69) is 5.32 Å². The summed E-state index contributed by atoms with van der Waals surface area (Å²) in [5, 5.41) is 14.2. The number of aryl methyl sites for hydroxylation is 1. The molecule has 2 amide bonds. The summed E-state index contributed by atoms with van der Waals surface area (Å²) in [4.78, 5) is 38.9. The van der Waals surface area contributed by atoms with Gasteiger partial charge in [-0.3, -0.25) is 24.0 Å². The minimum Gasteiger partial charge on any atom is -0.352 e. The van der Waals surface area contributed by atoms with Crippen LogP contribution in [0.25, 0.3) is 0 Å². The van der Waals surface area contributed by atoms with Crippen LogP contribution in [0.4, 0.5) is 11.4 Å². The molecule has 2 rings (SSSR count). The third-order valence-electron chi connectivity index (χ3n) is 6.22. The zero-order valence-corrected chi connectivity index (χ0v) is 22.8. The summed E-state index contributed by atoms with van der Waals surface area (Å²) in [5.74, 6) is -0.880. The zero-order chi connectivity index (χ0) is 27.8. The number of nitro groups is 1. The summed E-state index contributed by atoms with van der Waals surface area (Å²) in [6.07, 6.45) is 2.46. The van der Waals surface area contributed by atoms with Crippen molar-refractivity contribution in [1.82, 2.24) is 10.2 Å². The summed E-state index contributed by atoms with van der Waals surface area (Å²) in [7, 11) is -3.99. The molecule has 0 saturated carbocycles. The second-order valence-electron chi connectivity index (χ2n) is 9.06. The lowest BCUT2D eigenvalue weighted by molar-refractivity contribution is -0.384. The van der Waals surface area contributed by atoms with Crippen molar-refractivity contribution in [3.63, 3.8) is 0 Å². The Hall–Kier alpha value is -3.47. The number of rotatable bonds is 13. The Morgan fingerprint density at radius 2 is 1.73 bits per heavy atom. The molecule has 0 aliphatic heterocycles. The average molecular weight is 533 g/mol. The number of nitrogens with zero attached hydrogens (tertiary/aromatic N) is 3. The Morgan fingerprint density at radius 3 is 2.27 bits per heavy atom. The number of benzene rings is 2. The molecule has 0 aliphatic rings. The molecular formula is C26H36N4O6S. The van der Waals surface area contributed by atoms with E-state index in [9.17, 15) is 28.1 Å². The fourth-order valence-corrected chi connectivity index (χ4v) is 4.81. The largest absolute Gasteiger partial charge is 0.352 e. The highest BCUT2D eigenvalue weighted by Gasteiger charge is 2.32. The van der Waals surface area contributed by atoms with Crippen LogP contribution in [0.1, 0.15) is 44.7 Å². The Labute approximate surface area is 218 Å². The Morgan fingerprint density at radius 1 is 1.08 bits per heavy atom. The van der Waals surface area contributed by atoms with E-state index in [4.69, 9.17) is 0 Å². The van der Waals surface area contributed by atoms with Gasteiger partial charge in [-0.05, 0) is 44.2 Å². The van der Waals surface area contributed by atoms with Gasteiger partial charge in [0, 0.05) is 24.7 Å². The van der Waals surface area contributed by atoms with Gasteiger partial charge in [0.2, 0.25) is 21.8 Å². The molecule has 0 aliphatic carbocycles. The van der Waals surface area contributed by atoms with E-state index < -0.39 is 33.4 Å². The molecule has 37 heavy (non-hydrogen) atoms. The first-order valence-corrected chi connectivity index (χ1v) is 14.1. The number of anilines is 1. The number of nitro benzene ring substituents is 1. The number of amides is 2. The standard InChI is InChI=1S/C26H36N4O6S/c1-6-20(4)27-26(32)23(7-2)28(16-15-21-11-9-8-10-12-21)25(31)18-29(37(5,35)36)24-17-22(30(33)34)14-13-19(24)3/h8-14,17,20,23H,6-7,15-16,18H2,1-5H3,(H,27,32). The van der Waals surface area contributed by atoms with E-state index in [0.717, 1.165) is 22.2 Å². The van der Waals surface area contributed by atoms with Crippen molar-refractivity contribution in [2.75, 3.05) is 23.7 Å². The molecule has 0 heterocycles. The van der Waals surface area contributed by atoms with Crippen molar-refractivity contribution >= 4 is 33.2 Å². The smallest absolute Gasteiger partial charge is 0.271 e. The maximum atomic E-state index is 13.7. The van der Waals surface area contributed by atoms with Crippen molar-refractivity contribution in [1.29, 1.82) is 0 Å². The SMILES string of the molecule is CCC(C)NC(=O)C(CC)N(CCc1ccccc1)C(=O)CN(c1cc([N+](=O)[O-])ccc1C)S(C)(=O)=O. The molecular weight excluding hydrogens is 496 g/mol. The molecule has 0 aromatic heterocycles. The molecule has 2 aromatic carbocycles. The molecule has 0 radical (unpaired) electrons. The van der Waals surface area contributed by atoms with Gasteiger partial charge in [0.15, 0.2) is 0 Å². The lowest BCUT2D eigenvalue weighted by Gasteiger charge is -2.33. The van der Waals surface area contributed by atoms with E-state index in [1.807, 2.05) is 44.2 Å². The van der Waals surface area contributed by atoms with E-state index in [0.29, 0.717) is 24.8 Å². The number of hydrogen-bond acceptors (Lipinski definition) is 6. The molecule has 0 bridgehead atoms. The number of non-ortho nitro benzene ring substituents is 1. The van der Waals surface area contributed by atoms with Crippen LogP contribution in [0.15, 0.2) is 48.5 Å². The maximum Gasteiger partial charge on any atom is 0.271 e. The van der Waals surface area contributed by atoms with Crippen LogP contribution >= 0.6 is 0 Å². The van der Waals surface area contributed by atoms with Crippen LogP contribution < -0.4 is 9.62 Å². The predicted octanol–water partition coefficient (Wildman–Crippen LogP) is 3.43. The molecule has 2 unspecified atom stereocenters. The lowest BCUT2D eigenvalue weighted by Crippen LogP contribution is -2.54. The molecule has 0 saturated heterocycles. The maximum absolute atomic E-state index is 13.7. The number of sulfonamides is 1. The minimum atomic E-state index is -3.99. The Balaban J connectivity index is 2.45. The van der Waals surface area contributed by atoms with Crippen LogP contribution in [0, 0.1) is 17.0 Å². The second-order valence-corrected chi connectivity index (χ2v) is 11.0. The summed E-state index contributed by atoms with van der Waals surface area (Å²) in [6, 6.07) is 12.4. The summed E-state index contributed by atoms with van der Waals surface area (Å²) in [5.41, 5.74) is 1.18. The summed E-state index contributed by atoms with van der Waals surface area (Å²) in [6.45, 7) is 6.82. The van der Waals surface area contributed by atoms with Gasteiger partial charge in [0.25, 0.3) is 5.69 Å². The van der Waals surface area contributed by atoms with E-state index in [-0.39, 0.29) is 29.9 Å². The fraction of sp³-hybridized carbons (Fsp3) is 0.462. The Kier molecular flexibility index (Phi) is 10.6. The van der Waals surface area contributed by atoms with Crippen LogP contribution in [-0.4, -0.2) is 61.5 Å². The van der Waals surface area contributed by atoms with Gasteiger partial charge in [-0.15, -0.1) is 0 Å². The molecule has 2 aromatic rings. The zero-order valence-electron chi connectivity index (χ0n) is 22.0. The van der Waals surface area contributed by atoms with Crippen molar-refractivity contribution in [3.8, 4) is 0 Å². The van der Waals surface area contributed by atoms with Crippen molar-refractivity contribution < 1.29 is 22.9 Å². The van der Waals surface area contributed by atoms with Gasteiger partial charge in [0.05, 0.1) is 16.9 Å². The minimum absolute atomic E-state index is 0.0464. The van der Waals surface area contributed by atoms with Crippen molar-refractivity contribution in [2.24, 2.45) is 0 Å². The van der Waals surface area contributed by atoms with Gasteiger partial charge < -0.3 is 10.2 Å². The van der Waals surface area contributed by atoms with Crippen LogP contribution in [0.3, 0.4) is 0 Å². The third kappa shape index (κ3) is 8.28. The highest BCUT2D eigenvalue weighted by atomic mass is 32.2. The average Bonchev–Trinajstić information content (AvgIpc) is 2.85. The highest BCUT2D eigenvalue weighted by Crippen LogP contribution is 2.28. The predicted molar refractivity (Wildman–Crippen MR) is 144 cm³/mol. The molecule has 1 N–H and O–H groups in total. The van der Waals surface area contributed by atoms with E-state index in [1.165, 1.54) is 17.0 Å². The van der Waals surface area contributed by atoms with Gasteiger partial charge in [-0.1, -0.05) is 50.2 Å². The topological polar surface area (TPSA) is 130 Å². The first-order chi connectivity index (χ1) is 17.4. The molecule has 11 heteroatoms. The highest BCUT2D eigenvalue weighted by molar-refractivity contribution is 7.92. The van der Waals surface area contributed by atoms with Crippen LogP contribution in [0.2, 0.25) is 0 Å². The monoisotopic (exact) mass is 532 g/mol. The third-order valence-corrected chi connectivity index (χ3v) is 7.35. The quantitative estimate of drug-likeness (QED) is 0.311. The molecule has 0 fully saturated rings. The van der Waals surface area contributed by atoms with Gasteiger partial charge in [-0.25, -0.2) is 8.42 Å². The first-order valence-electron chi connectivity index (χ1n) is 12.3. The van der Waals surface area contributed by atoms with Gasteiger partial charge >= 0.3 is 0 Å². The lowest BCUT2D eigenvalue weighted by atomic mass is 10.1. The number of nitrogens with one attached hydrogen (secondary N) is 1. The number of carbonyl (C=O) groups excluding carboxylic acids is 2. The first kappa shape index (κ1) is 29.8. The molecule has 0 spiro atoms. The second kappa shape index (κ2) is 13.2. The Bertz CT molecular complexity index is 1200. The molecule has 2 atom stereocenters. The molecule has 10 nitrogen and oxygen atoms in total. The normalized spacial score (nSPS) is 12.9. The van der Waals surface area contributed by atoms with Crippen molar-refractivity contribution in [2.45, 2.75) is 59.0 Å². The van der Waals surface area contributed by atoms with Gasteiger partial charge in [0.1, 0.15) is 12.6 Å². The number of hydrogen-bond donors (Lipinski definition) is 1. The van der Waals surface area contributed by atoms with Gasteiger partial charge in [-0.2, -0.15) is 0 Å².